The predicted octanol–water partition coefficient (Wildman–Crippen LogP) is 2.66. The summed E-state index contributed by atoms with van der Waals surface area (Å²) in [4.78, 5) is 11.2. The number of nitrogens with one attached hydrogen (secondary N) is 1. The number of anilines is 2. The summed E-state index contributed by atoms with van der Waals surface area (Å²) in [7, 11) is 2.03. The molecule has 0 fully saturated rings. The summed E-state index contributed by atoms with van der Waals surface area (Å²) in [6.07, 6.45) is 1.05. The van der Waals surface area contributed by atoms with Gasteiger partial charge in [-0.3, -0.25) is 0 Å². The Morgan fingerprint density at radius 3 is 2.55 bits per heavy atom. The largest absolute Gasteiger partial charge is 0.357 e. The SMILES string of the molecule is CCC(C)N(C)c1cc(NN)nc(-c2ccccc2)n1. The highest BCUT2D eigenvalue weighted by Crippen LogP contribution is 2.22. The zero-order valence-corrected chi connectivity index (χ0v) is 12.2. The Bertz CT molecular complexity index is 555. The van der Waals surface area contributed by atoms with Crippen molar-refractivity contribution in [1.82, 2.24) is 9.97 Å². The maximum absolute atomic E-state index is 5.52. The summed E-state index contributed by atoms with van der Waals surface area (Å²) in [6, 6.07) is 12.2. The first-order chi connectivity index (χ1) is 9.65. The molecule has 1 atom stereocenters. The van der Waals surface area contributed by atoms with Gasteiger partial charge in [0.2, 0.25) is 0 Å². The van der Waals surface area contributed by atoms with Gasteiger partial charge in [-0.25, -0.2) is 15.8 Å². The lowest BCUT2D eigenvalue weighted by Gasteiger charge is -2.25. The fraction of sp³-hybridized carbons (Fsp3) is 0.333. The Kier molecular flexibility index (Phi) is 4.53. The van der Waals surface area contributed by atoms with Crippen molar-refractivity contribution in [3.05, 3.63) is 36.4 Å². The number of benzene rings is 1. The number of aromatic nitrogens is 2. The van der Waals surface area contributed by atoms with Gasteiger partial charge in [0.1, 0.15) is 11.6 Å². The summed E-state index contributed by atoms with van der Waals surface area (Å²) in [5.41, 5.74) is 3.59. The molecule has 106 valence electrons. The number of nitrogens with zero attached hydrogens (tertiary/aromatic N) is 3. The van der Waals surface area contributed by atoms with Crippen molar-refractivity contribution in [2.45, 2.75) is 26.3 Å². The second-order valence-electron chi connectivity index (χ2n) is 4.81. The third kappa shape index (κ3) is 3.05. The van der Waals surface area contributed by atoms with E-state index < -0.39 is 0 Å². The van der Waals surface area contributed by atoms with Gasteiger partial charge in [0.25, 0.3) is 0 Å². The number of rotatable bonds is 5. The molecule has 0 radical (unpaired) electrons. The molecule has 0 bridgehead atoms. The third-order valence-electron chi connectivity index (χ3n) is 3.51. The average molecular weight is 271 g/mol. The van der Waals surface area contributed by atoms with Gasteiger partial charge in [0.05, 0.1) is 0 Å². The van der Waals surface area contributed by atoms with Gasteiger partial charge in [0.15, 0.2) is 5.82 Å². The topological polar surface area (TPSA) is 67.1 Å². The molecule has 1 aromatic heterocycles. The summed E-state index contributed by atoms with van der Waals surface area (Å²) < 4.78 is 0. The minimum atomic E-state index is 0.402. The van der Waals surface area contributed by atoms with Crippen LogP contribution in [-0.4, -0.2) is 23.1 Å². The van der Waals surface area contributed by atoms with Gasteiger partial charge in [-0.15, -0.1) is 0 Å². The second kappa shape index (κ2) is 6.34. The molecule has 0 saturated heterocycles. The molecule has 3 N–H and O–H groups in total. The fourth-order valence-electron chi connectivity index (χ4n) is 1.91. The molecule has 1 unspecified atom stereocenters. The minimum absolute atomic E-state index is 0.402. The molecule has 20 heavy (non-hydrogen) atoms. The molecule has 1 aromatic carbocycles. The maximum Gasteiger partial charge on any atom is 0.163 e. The average Bonchev–Trinajstić information content (AvgIpc) is 2.53. The number of hydrogen-bond donors (Lipinski definition) is 2. The third-order valence-corrected chi connectivity index (χ3v) is 3.51. The molecule has 5 heteroatoms. The van der Waals surface area contributed by atoms with E-state index in [1.165, 1.54) is 0 Å². The number of hydrogen-bond acceptors (Lipinski definition) is 5. The molecule has 0 amide bonds. The van der Waals surface area contributed by atoms with Crippen molar-refractivity contribution in [2.24, 2.45) is 5.84 Å². The van der Waals surface area contributed by atoms with Crippen LogP contribution in [0.2, 0.25) is 0 Å². The van der Waals surface area contributed by atoms with Crippen molar-refractivity contribution in [3.63, 3.8) is 0 Å². The Labute approximate surface area is 119 Å². The lowest BCUT2D eigenvalue weighted by Crippen LogP contribution is -2.29. The monoisotopic (exact) mass is 271 g/mol. The van der Waals surface area contributed by atoms with E-state index in [-0.39, 0.29) is 0 Å². The fourth-order valence-corrected chi connectivity index (χ4v) is 1.91. The van der Waals surface area contributed by atoms with Crippen LogP contribution in [0.3, 0.4) is 0 Å². The maximum atomic E-state index is 5.52. The normalized spacial score (nSPS) is 12.0. The highest BCUT2D eigenvalue weighted by Gasteiger charge is 2.13. The minimum Gasteiger partial charge on any atom is -0.357 e. The van der Waals surface area contributed by atoms with E-state index in [4.69, 9.17) is 5.84 Å². The van der Waals surface area contributed by atoms with Crippen LogP contribution in [0.1, 0.15) is 20.3 Å². The van der Waals surface area contributed by atoms with Crippen molar-refractivity contribution in [2.75, 3.05) is 17.4 Å². The van der Waals surface area contributed by atoms with Gasteiger partial charge >= 0.3 is 0 Å². The van der Waals surface area contributed by atoms with Gasteiger partial charge in [-0.1, -0.05) is 37.3 Å². The Morgan fingerprint density at radius 2 is 1.95 bits per heavy atom. The van der Waals surface area contributed by atoms with E-state index in [2.05, 4.69) is 34.1 Å². The second-order valence-corrected chi connectivity index (χ2v) is 4.81. The molecule has 1 heterocycles. The number of nitrogen functional groups attached to an aromatic ring is 1. The first-order valence-electron chi connectivity index (χ1n) is 6.79. The first-order valence-corrected chi connectivity index (χ1v) is 6.79. The summed E-state index contributed by atoms with van der Waals surface area (Å²) in [5, 5.41) is 0. The summed E-state index contributed by atoms with van der Waals surface area (Å²) in [5.74, 6) is 7.67. The van der Waals surface area contributed by atoms with Crippen molar-refractivity contribution < 1.29 is 0 Å². The molecule has 0 saturated carbocycles. The van der Waals surface area contributed by atoms with Crippen LogP contribution in [0.25, 0.3) is 11.4 Å². The molecule has 5 nitrogen and oxygen atoms in total. The first kappa shape index (κ1) is 14.3. The van der Waals surface area contributed by atoms with E-state index in [0.717, 1.165) is 17.8 Å². The quantitative estimate of drug-likeness (QED) is 0.646. The lowest BCUT2D eigenvalue weighted by atomic mass is 10.2. The predicted molar refractivity (Wildman–Crippen MR) is 83.4 cm³/mol. The van der Waals surface area contributed by atoms with Crippen molar-refractivity contribution in [1.29, 1.82) is 0 Å². The van der Waals surface area contributed by atoms with Crippen LogP contribution in [0.15, 0.2) is 36.4 Å². The summed E-state index contributed by atoms with van der Waals surface area (Å²) >= 11 is 0. The molecule has 0 aliphatic heterocycles. The summed E-state index contributed by atoms with van der Waals surface area (Å²) in [6.45, 7) is 4.32. The molecular weight excluding hydrogens is 250 g/mol. The highest BCUT2D eigenvalue weighted by atomic mass is 15.3. The van der Waals surface area contributed by atoms with Crippen LogP contribution in [0.4, 0.5) is 11.6 Å². The standard InChI is InChI=1S/C15H21N5/c1-4-11(2)20(3)14-10-13(19-16)17-15(18-14)12-8-6-5-7-9-12/h5-11H,4,16H2,1-3H3,(H,17,18,19). The number of hydrazine groups is 1. The highest BCUT2D eigenvalue weighted by molar-refractivity contribution is 5.61. The van der Waals surface area contributed by atoms with Crippen LogP contribution in [-0.2, 0) is 0 Å². The van der Waals surface area contributed by atoms with E-state index >= 15 is 0 Å². The lowest BCUT2D eigenvalue weighted by molar-refractivity contribution is 0.656. The Balaban J connectivity index is 2.44. The molecule has 0 aliphatic rings. The van der Waals surface area contributed by atoms with Crippen molar-refractivity contribution >= 4 is 11.6 Å². The molecule has 0 aliphatic carbocycles. The van der Waals surface area contributed by atoms with E-state index in [0.29, 0.717) is 17.7 Å². The molecule has 0 spiro atoms. The van der Waals surface area contributed by atoms with Crippen LogP contribution >= 0.6 is 0 Å². The van der Waals surface area contributed by atoms with Gasteiger partial charge in [-0.2, -0.15) is 0 Å². The smallest absolute Gasteiger partial charge is 0.163 e. The van der Waals surface area contributed by atoms with Crippen LogP contribution in [0.5, 0.6) is 0 Å². The Morgan fingerprint density at radius 1 is 1.25 bits per heavy atom. The van der Waals surface area contributed by atoms with Gasteiger partial charge in [0, 0.05) is 24.7 Å². The molecule has 2 aromatic rings. The van der Waals surface area contributed by atoms with E-state index in [1.54, 1.807) is 0 Å². The number of nitrogens with two attached hydrogens (primary N) is 1. The molecular formula is C15H21N5. The van der Waals surface area contributed by atoms with Gasteiger partial charge in [-0.05, 0) is 13.3 Å². The molecule has 2 rings (SSSR count). The van der Waals surface area contributed by atoms with Crippen LogP contribution < -0.4 is 16.2 Å². The zero-order valence-electron chi connectivity index (χ0n) is 12.2. The zero-order chi connectivity index (χ0) is 14.5. The van der Waals surface area contributed by atoms with Gasteiger partial charge < -0.3 is 10.3 Å². The van der Waals surface area contributed by atoms with E-state index in [9.17, 15) is 0 Å². The van der Waals surface area contributed by atoms with Crippen molar-refractivity contribution in [3.8, 4) is 11.4 Å². The van der Waals surface area contributed by atoms with Crippen LogP contribution in [0, 0.1) is 0 Å². The van der Waals surface area contributed by atoms with E-state index in [1.807, 2.05) is 43.4 Å². The Hall–Kier alpha value is -2.14.